The molecule has 0 aliphatic carbocycles. The van der Waals surface area contributed by atoms with Crippen molar-refractivity contribution < 1.29 is 51.2 Å². The minimum atomic E-state index is 0. The maximum atomic E-state index is 4.94. The molecule has 0 amide bonds. The van der Waals surface area contributed by atoms with Crippen molar-refractivity contribution in [1.29, 1.82) is 0 Å². The Balaban J connectivity index is 0.000000625. The standard InChI is InChI=1S/3C10H18N2P.2C4H8O.Ce/c3*1-9(2,3)7-11-12-8(13-7)10(4,5)6;2*1-2-4-5-3-1;/h3*1-6H3;2*1-4H2;/q3*-1;;;+3. The van der Waals surface area contributed by atoms with E-state index in [1.807, 2.05) is 0 Å². The van der Waals surface area contributed by atoms with Gasteiger partial charge in [0.25, 0.3) is 0 Å². The second kappa shape index (κ2) is 21.3. The molecule has 5 heterocycles. The molecule has 3 aromatic rings. The quantitative estimate of drug-likeness (QED) is 0.220. The average molecular weight is 876 g/mol. The first-order valence-electron chi connectivity index (χ1n) is 17.9. The molecule has 0 saturated carbocycles. The summed E-state index contributed by atoms with van der Waals surface area (Å²) in [7, 11) is 3.63. The first kappa shape index (κ1) is 50.2. The van der Waals surface area contributed by atoms with Crippen LogP contribution in [0.3, 0.4) is 0 Å². The predicted octanol–water partition coefficient (Wildman–Crippen LogP) is 11.2. The van der Waals surface area contributed by atoms with Gasteiger partial charge in [0.15, 0.2) is 0 Å². The van der Waals surface area contributed by atoms with Crippen LogP contribution in [-0.2, 0) is 42.0 Å². The van der Waals surface area contributed by atoms with Crippen LogP contribution in [0, 0.1) is 41.7 Å². The molecule has 0 unspecified atom stereocenters. The molecule has 2 fully saturated rings. The summed E-state index contributed by atoms with van der Waals surface area (Å²) in [4.78, 5) is 0. The van der Waals surface area contributed by atoms with Crippen LogP contribution in [0.25, 0.3) is 0 Å². The summed E-state index contributed by atoms with van der Waals surface area (Å²) in [6.07, 6.45) is 5.11. The summed E-state index contributed by atoms with van der Waals surface area (Å²) in [5.74, 6) is 0. The van der Waals surface area contributed by atoms with Gasteiger partial charge in [-0.15, -0.1) is 16.3 Å². The predicted molar refractivity (Wildman–Crippen MR) is 213 cm³/mol. The fourth-order valence-corrected chi connectivity index (χ4v) is 6.80. The van der Waals surface area contributed by atoms with E-state index in [-0.39, 0.29) is 74.2 Å². The van der Waals surface area contributed by atoms with Crippen LogP contribution in [0.15, 0.2) is 0 Å². The molecular formula is C38H70CeN6O2P3. The summed E-state index contributed by atoms with van der Waals surface area (Å²) in [6.45, 7) is 43.2. The van der Waals surface area contributed by atoms with Crippen LogP contribution in [0.1, 0.15) is 183 Å². The first-order chi connectivity index (χ1) is 22.1. The molecule has 8 nitrogen and oxygen atoms in total. The van der Waals surface area contributed by atoms with E-state index in [1.165, 1.54) is 82.8 Å². The van der Waals surface area contributed by atoms with Gasteiger partial charge in [-0.1, -0.05) is 149 Å². The average Bonchev–Trinajstić information content (AvgIpc) is 3.77. The third kappa shape index (κ3) is 20.1. The van der Waals surface area contributed by atoms with Crippen molar-refractivity contribution in [1.82, 2.24) is 30.6 Å². The van der Waals surface area contributed by atoms with Crippen molar-refractivity contribution in [3.05, 3.63) is 32.6 Å². The summed E-state index contributed by atoms with van der Waals surface area (Å²) in [6, 6.07) is 0. The second-order valence-corrected chi connectivity index (χ2v) is 22.2. The topological polar surface area (TPSA) is 99.4 Å². The number of ether oxygens (including phenoxy) is 2. The maximum absolute atomic E-state index is 4.94. The van der Waals surface area contributed by atoms with E-state index in [1.54, 1.807) is 0 Å². The largest absolute Gasteiger partial charge is 3.00 e. The van der Waals surface area contributed by atoms with Crippen molar-refractivity contribution in [3.63, 3.8) is 0 Å². The van der Waals surface area contributed by atoms with E-state index in [0.29, 0.717) is 0 Å². The van der Waals surface area contributed by atoms with Crippen LogP contribution in [-0.4, -0.2) is 41.7 Å². The number of hydrogen-bond acceptors (Lipinski definition) is 5. The van der Waals surface area contributed by atoms with Gasteiger partial charge in [-0.25, -0.2) is 0 Å². The Kier molecular flexibility index (Phi) is 21.4. The normalized spacial score (nSPS) is 15.7. The Morgan fingerprint density at radius 1 is 0.380 bits per heavy atom. The van der Waals surface area contributed by atoms with Crippen LogP contribution in [0.2, 0.25) is 0 Å². The van der Waals surface area contributed by atoms with E-state index in [9.17, 15) is 0 Å². The molecule has 0 bridgehead atoms. The van der Waals surface area contributed by atoms with Crippen molar-refractivity contribution in [2.75, 3.05) is 26.4 Å². The van der Waals surface area contributed by atoms with Gasteiger partial charge in [0, 0.05) is 58.9 Å². The van der Waals surface area contributed by atoms with Gasteiger partial charge in [0.2, 0.25) is 0 Å². The van der Waals surface area contributed by atoms with Gasteiger partial charge >= 0.3 is 41.7 Å². The molecule has 283 valence electrons. The fraction of sp³-hybridized carbons (Fsp3) is 0.842. The van der Waals surface area contributed by atoms with Crippen LogP contribution in [0.5, 0.6) is 0 Å². The smallest absolute Gasteiger partial charge is 0.574 e. The minimum Gasteiger partial charge on any atom is -0.574 e. The molecule has 50 heavy (non-hydrogen) atoms. The van der Waals surface area contributed by atoms with Gasteiger partial charge in [-0.05, 0) is 41.9 Å². The van der Waals surface area contributed by atoms with Crippen molar-refractivity contribution in [2.45, 2.75) is 183 Å². The van der Waals surface area contributed by atoms with E-state index >= 15 is 0 Å². The summed E-state index contributed by atoms with van der Waals surface area (Å²) in [5.41, 5.74) is 7.97. The monoisotopic (exact) mass is 875 g/mol. The molecule has 0 N–H and O–H groups in total. The van der Waals surface area contributed by atoms with E-state index in [4.69, 9.17) is 9.47 Å². The number of nitrogens with zero attached hydrogens (tertiary/aromatic N) is 6. The zero-order chi connectivity index (χ0) is 37.9. The Morgan fingerprint density at radius 3 is 0.660 bits per heavy atom. The molecule has 2 aliphatic rings. The minimum absolute atomic E-state index is 0. The van der Waals surface area contributed by atoms with Crippen molar-refractivity contribution in [2.24, 2.45) is 0 Å². The fourth-order valence-electron chi connectivity index (χ4n) is 3.65. The SMILES string of the molecule is C1CCOC1.C1CCOC1.CC(C)(C)c1n[n-]c(C(C)(C)C)p1.CC(C)(C)c1n[n-]c(C(C)(C)C)p1.CC(C)(C)c1n[n-]c(C(C)(C)C)p1.[Ce+3]. The Labute approximate surface area is 345 Å². The Bertz CT molecular complexity index is 1080. The third-order valence-electron chi connectivity index (χ3n) is 7.03. The first-order valence-corrected chi connectivity index (χ1v) is 20.6. The number of aromatic nitrogens is 6. The van der Waals surface area contributed by atoms with Crippen molar-refractivity contribution in [3.8, 4) is 0 Å². The summed E-state index contributed by atoms with van der Waals surface area (Å²) >= 11 is 0. The van der Waals surface area contributed by atoms with Gasteiger partial charge in [0.1, 0.15) is 0 Å². The van der Waals surface area contributed by atoms with E-state index in [0.717, 1.165) is 26.4 Å². The van der Waals surface area contributed by atoms with E-state index < -0.39 is 0 Å². The second-order valence-electron chi connectivity index (χ2n) is 19.0. The zero-order valence-electron chi connectivity index (χ0n) is 35.0. The summed E-state index contributed by atoms with van der Waals surface area (Å²) < 4.78 is 9.89. The molecule has 0 atom stereocenters. The van der Waals surface area contributed by atoms with Crippen LogP contribution < -0.4 is 15.3 Å². The molecule has 12 heteroatoms. The number of hydrogen-bond donors (Lipinski definition) is 0. The molecule has 1 radical (unpaired) electrons. The molecule has 0 spiro atoms. The van der Waals surface area contributed by atoms with Crippen molar-refractivity contribution >= 4 is 24.6 Å². The molecule has 3 aromatic heterocycles. The third-order valence-corrected chi connectivity index (χ3v) is 12.9. The van der Waals surface area contributed by atoms with Gasteiger partial charge < -0.3 is 40.1 Å². The summed E-state index contributed by atoms with van der Waals surface area (Å²) in [5, 5.41) is 25.5. The van der Waals surface area contributed by atoms with Gasteiger partial charge in [0.05, 0.1) is 0 Å². The molecule has 5 rings (SSSR count). The molecule has 2 saturated heterocycles. The molecular weight excluding hydrogens is 805 g/mol. The number of rotatable bonds is 0. The van der Waals surface area contributed by atoms with E-state index in [2.05, 4.69) is 155 Å². The zero-order valence-corrected chi connectivity index (χ0v) is 40.8. The van der Waals surface area contributed by atoms with Crippen LogP contribution >= 0.6 is 24.6 Å². The maximum Gasteiger partial charge on any atom is 3.00 e. The molecule has 2 aliphatic heterocycles. The molecule has 0 aromatic carbocycles. The van der Waals surface area contributed by atoms with Crippen LogP contribution in [0.4, 0.5) is 0 Å². The van der Waals surface area contributed by atoms with Gasteiger partial charge in [-0.3, -0.25) is 0 Å². The Hall–Kier alpha value is 0.217. The van der Waals surface area contributed by atoms with Gasteiger partial charge in [-0.2, -0.15) is 0 Å². The Morgan fingerprint density at radius 2 is 0.580 bits per heavy atom.